The maximum Gasteiger partial charge on any atom is 0.230 e. The number of nitrogens with one attached hydrogen (secondary N) is 2. The second-order valence-corrected chi connectivity index (χ2v) is 9.51. The molecule has 0 radical (unpaired) electrons. The number of aromatic nitrogens is 3. The first kappa shape index (κ1) is 20.1. The summed E-state index contributed by atoms with van der Waals surface area (Å²) in [4.78, 5) is 24.2. The average molecular weight is 423 g/mol. The van der Waals surface area contributed by atoms with E-state index in [9.17, 15) is 4.79 Å². The first-order chi connectivity index (χ1) is 14.8. The van der Waals surface area contributed by atoms with E-state index in [1.54, 1.807) is 7.11 Å². The minimum atomic E-state index is -0.432. The maximum atomic E-state index is 12.5. The van der Waals surface area contributed by atoms with Crippen molar-refractivity contribution in [1.82, 2.24) is 19.7 Å². The number of fused-ring (bicyclic) bond motifs is 2. The lowest BCUT2D eigenvalue weighted by Gasteiger charge is -2.37. The van der Waals surface area contributed by atoms with Gasteiger partial charge in [-0.1, -0.05) is 26.8 Å². The van der Waals surface area contributed by atoms with Crippen LogP contribution in [0.15, 0.2) is 42.1 Å². The number of anilines is 2. The van der Waals surface area contributed by atoms with Crippen molar-refractivity contribution < 1.29 is 9.53 Å². The van der Waals surface area contributed by atoms with E-state index in [-0.39, 0.29) is 11.3 Å². The highest BCUT2D eigenvalue weighted by Gasteiger charge is 2.55. The van der Waals surface area contributed by atoms with Crippen molar-refractivity contribution in [3.8, 4) is 0 Å². The number of imidazole rings is 1. The van der Waals surface area contributed by atoms with E-state index in [2.05, 4.69) is 33.5 Å². The van der Waals surface area contributed by atoms with Gasteiger partial charge in [-0.3, -0.25) is 4.79 Å². The second-order valence-electron chi connectivity index (χ2n) is 9.51. The lowest BCUT2D eigenvalue weighted by atomic mass is 9.64. The van der Waals surface area contributed by atoms with Crippen LogP contribution in [-0.4, -0.2) is 46.6 Å². The van der Waals surface area contributed by atoms with Gasteiger partial charge in [0, 0.05) is 42.9 Å². The fourth-order valence-corrected chi connectivity index (χ4v) is 4.98. The molecule has 0 spiro atoms. The van der Waals surface area contributed by atoms with E-state index in [4.69, 9.17) is 9.72 Å². The Labute approximate surface area is 182 Å². The zero-order valence-corrected chi connectivity index (χ0v) is 18.6. The molecule has 0 aromatic carbocycles. The van der Waals surface area contributed by atoms with Gasteiger partial charge in [-0.2, -0.15) is 0 Å². The molecule has 2 aromatic heterocycles. The van der Waals surface area contributed by atoms with Crippen LogP contribution in [0.3, 0.4) is 0 Å². The van der Waals surface area contributed by atoms with E-state index in [1.165, 1.54) is 0 Å². The lowest BCUT2D eigenvalue weighted by Crippen LogP contribution is -2.36. The monoisotopic (exact) mass is 422 g/mol. The largest absolute Gasteiger partial charge is 0.383 e. The summed E-state index contributed by atoms with van der Waals surface area (Å²) in [5.74, 6) is 1.73. The number of hydrogen-bond donors (Lipinski definition) is 2. The Morgan fingerprint density at radius 2 is 2.19 bits per heavy atom. The van der Waals surface area contributed by atoms with E-state index in [0.29, 0.717) is 12.6 Å². The zero-order chi connectivity index (χ0) is 21.8. The summed E-state index contributed by atoms with van der Waals surface area (Å²) in [6.45, 7) is 7.83. The highest BCUT2D eigenvalue weighted by atomic mass is 16.5. The van der Waals surface area contributed by atoms with Crippen LogP contribution in [0.1, 0.15) is 40.0 Å². The van der Waals surface area contributed by atoms with Crippen LogP contribution in [0.2, 0.25) is 0 Å². The number of nitrogens with zero attached hydrogens (tertiary/aromatic N) is 4. The molecule has 8 nitrogen and oxygen atoms in total. The van der Waals surface area contributed by atoms with Crippen molar-refractivity contribution in [3.63, 3.8) is 0 Å². The average Bonchev–Trinajstić information content (AvgIpc) is 3.40. The number of amides is 1. The number of rotatable bonds is 5. The van der Waals surface area contributed by atoms with Crippen LogP contribution in [-0.2, 0) is 9.53 Å². The number of hydrogen-bond acceptors (Lipinski definition) is 6. The Morgan fingerprint density at radius 3 is 3.00 bits per heavy atom. The Kier molecular flexibility index (Phi) is 4.58. The Bertz CT molecular complexity index is 1100. The minimum Gasteiger partial charge on any atom is -0.383 e. The van der Waals surface area contributed by atoms with E-state index < -0.39 is 5.41 Å². The van der Waals surface area contributed by atoms with Crippen LogP contribution in [0.5, 0.6) is 0 Å². The fraction of sp³-hybridized carbons (Fsp3) is 0.522. The van der Waals surface area contributed by atoms with Gasteiger partial charge in [0.05, 0.1) is 24.3 Å². The molecule has 2 atom stereocenters. The van der Waals surface area contributed by atoms with Gasteiger partial charge in [-0.25, -0.2) is 9.97 Å². The maximum absolute atomic E-state index is 12.5. The number of allylic oxidation sites excluding steroid dienone is 3. The quantitative estimate of drug-likeness (QED) is 0.770. The normalized spacial score (nSPS) is 27.2. The van der Waals surface area contributed by atoms with Crippen molar-refractivity contribution in [2.75, 3.05) is 30.5 Å². The molecule has 2 aromatic rings. The van der Waals surface area contributed by atoms with Crippen molar-refractivity contribution in [3.05, 3.63) is 42.1 Å². The summed E-state index contributed by atoms with van der Waals surface area (Å²) in [5.41, 5.74) is 2.10. The molecule has 2 N–H and O–H groups in total. The summed E-state index contributed by atoms with van der Waals surface area (Å²) < 4.78 is 7.42. The molecule has 2 saturated heterocycles. The zero-order valence-electron chi connectivity index (χ0n) is 18.6. The van der Waals surface area contributed by atoms with Gasteiger partial charge < -0.3 is 24.7 Å². The number of methoxy groups -OCH3 is 1. The van der Waals surface area contributed by atoms with Gasteiger partial charge in [0.1, 0.15) is 5.82 Å². The molecule has 1 amide bonds. The molecule has 0 bridgehead atoms. The first-order valence-corrected chi connectivity index (χ1v) is 10.9. The molecule has 1 aliphatic carbocycles. The van der Waals surface area contributed by atoms with E-state index in [0.717, 1.165) is 54.5 Å². The van der Waals surface area contributed by atoms with Crippen molar-refractivity contribution >= 4 is 23.2 Å². The third-order valence-electron chi connectivity index (χ3n) is 7.46. The smallest absolute Gasteiger partial charge is 0.230 e. The van der Waals surface area contributed by atoms with Crippen LogP contribution < -0.4 is 15.5 Å². The molecule has 5 rings (SSSR count). The second kappa shape index (κ2) is 7.09. The minimum absolute atomic E-state index is 0.0792. The number of ether oxygens (including phenoxy) is 1. The SMILES string of the molecule is COCC1CCCN1c1nccn2cc(NC3=CCC4(C)C(=C3)NC(=O)C4(C)C)nc12. The summed E-state index contributed by atoms with van der Waals surface area (Å²) in [7, 11) is 1.74. The third kappa shape index (κ3) is 3.04. The van der Waals surface area contributed by atoms with Crippen LogP contribution in [0.4, 0.5) is 11.6 Å². The van der Waals surface area contributed by atoms with E-state index in [1.807, 2.05) is 42.9 Å². The van der Waals surface area contributed by atoms with Crippen molar-refractivity contribution in [2.45, 2.75) is 46.1 Å². The Morgan fingerprint density at radius 1 is 1.35 bits per heavy atom. The molecule has 2 unspecified atom stereocenters. The van der Waals surface area contributed by atoms with Gasteiger partial charge >= 0.3 is 0 Å². The van der Waals surface area contributed by atoms with Crippen LogP contribution >= 0.6 is 0 Å². The summed E-state index contributed by atoms with van der Waals surface area (Å²) in [5, 5.41) is 6.51. The molecule has 3 aliphatic rings. The van der Waals surface area contributed by atoms with Crippen LogP contribution in [0, 0.1) is 10.8 Å². The molecular weight excluding hydrogens is 392 g/mol. The molecule has 164 valence electrons. The summed E-state index contributed by atoms with van der Waals surface area (Å²) in [6.07, 6.45) is 12.9. The molecule has 0 saturated carbocycles. The third-order valence-corrected chi connectivity index (χ3v) is 7.46. The molecule has 2 aliphatic heterocycles. The molecule has 31 heavy (non-hydrogen) atoms. The Balaban J connectivity index is 1.42. The molecule has 8 heteroatoms. The van der Waals surface area contributed by atoms with Gasteiger partial charge in [0.15, 0.2) is 11.5 Å². The highest BCUT2D eigenvalue weighted by Crippen LogP contribution is 2.53. The summed E-state index contributed by atoms with van der Waals surface area (Å²) >= 11 is 0. The van der Waals surface area contributed by atoms with E-state index >= 15 is 0 Å². The Hall–Kier alpha value is -2.87. The predicted octanol–water partition coefficient (Wildman–Crippen LogP) is 3.09. The molecule has 4 heterocycles. The van der Waals surface area contributed by atoms with Gasteiger partial charge in [-0.05, 0) is 25.3 Å². The summed E-state index contributed by atoms with van der Waals surface area (Å²) in [6, 6.07) is 0.328. The van der Waals surface area contributed by atoms with Crippen molar-refractivity contribution in [2.24, 2.45) is 10.8 Å². The van der Waals surface area contributed by atoms with Gasteiger partial charge in [0.25, 0.3) is 0 Å². The first-order valence-electron chi connectivity index (χ1n) is 10.9. The topological polar surface area (TPSA) is 83.8 Å². The van der Waals surface area contributed by atoms with Crippen LogP contribution in [0.25, 0.3) is 5.65 Å². The van der Waals surface area contributed by atoms with Gasteiger partial charge in [-0.15, -0.1) is 0 Å². The number of carbonyl (C=O) groups excluding carboxylic acids is 1. The fourth-order valence-electron chi connectivity index (χ4n) is 4.98. The highest BCUT2D eigenvalue weighted by molar-refractivity contribution is 5.89. The lowest BCUT2D eigenvalue weighted by molar-refractivity contribution is -0.128. The van der Waals surface area contributed by atoms with Crippen molar-refractivity contribution in [1.29, 1.82) is 0 Å². The predicted molar refractivity (Wildman–Crippen MR) is 120 cm³/mol. The van der Waals surface area contributed by atoms with Gasteiger partial charge in [0.2, 0.25) is 5.91 Å². The number of carbonyl (C=O) groups is 1. The molecular formula is C23H30N6O2. The standard InChI is InChI=1S/C23H30N6O2/c1-22(2)21(30)26-17-12-15(7-8-23(17,22)3)25-18-13-28-11-9-24-19(20(28)27-18)29-10-5-6-16(29)14-31-4/h7,9,11-13,16,25H,5-6,8,10,14H2,1-4H3,(H,26,30). The molecule has 2 fully saturated rings.